The molecule has 0 amide bonds. The van der Waals surface area contributed by atoms with E-state index in [2.05, 4.69) is 15.3 Å². The lowest BCUT2D eigenvalue weighted by Crippen LogP contribution is -1.84. The Morgan fingerprint density at radius 2 is 2.33 bits per heavy atom. The number of rotatable bonds is 1. The first kappa shape index (κ1) is 6.84. The molecular weight excluding hydrogens is 158 g/mol. The zero-order valence-corrected chi connectivity index (χ0v) is 6.43. The molecule has 0 unspecified atom stereocenters. The number of nitrogens with two attached hydrogens (primary N) is 1. The predicted molar refractivity (Wildman–Crippen MR) is 40.9 cm³/mol. The van der Waals surface area contributed by atoms with Gasteiger partial charge in [-0.15, -0.1) is 5.10 Å². The summed E-state index contributed by atoms with van der Waals surface area (Å²) in [5.41, 5.74) is 6.02. The topological polar surface area (TPSA) is 82.8 Å². The Morgan fingerprint density at radius 1 is 1.50 bits per heavy atom. The van der Waals surface area contributed by atoms with Crippen LogP contribution in [0.1, 0.15) is 0 Å². The minimum Gasteiger partial charge on any atom is -0.403 e. The van der Waals surface area contributed by atoms with Crippen molar-refractivity contribution >= 4 is 6.01 Å². The van der Waals surface area contributed by atoms with Crippen LogP contribution in [0.2, 0.25) is 0 Å². The van der Waals surface area contributed by atoms with Crippen LogP contribution in [-0.2, 0) is 7.05 Å². The van der Waals surface area contributed by atoms with E-state index in [-0.39, 0.29) is 6.01 Å². The van der Waals surface area contributed by atoms with Gasteiger partial charge in [0.05, 0.1) is 11.8 Å². The second-order valence-corrected chi connectivity index (χ2v) is 2.35. The van der Waals surface area contributed by atoms with E-state index in [1.54, 1.807) is 17.1 Å². The smallest absolute Gasteiger partial charge is 0.313 e. The van der Waals surface area contributed by atoms with Gasteiger partial charge in [0, 0.05) is 13.2 Å². The third-order valence-corrected chi connectivity index (χ3v) is 1.39. The first-order valence-electron chi connectivity index (χ1n) is 3.34. The minimum atomic E-state index is 0.0638. The standard InChI is InChI=1S/C6H7N5O/c1-11-3-4(2-8-11)5-9-10-6(7)12-5/h2-3H,1H3,(H2,7,10). The SMILES string of the molecule is Cn1cc(-c2nnc(N)o2)cn1. The number of nitrogens with zero attached hydrogens (tertiary/aromatic N) is 4. The molecule has 0 atom stereocenters. The minimum absolute atomic E-state index is 0.0638. The molecule has 2 rings (SSSR count). The van der Waals surface area contributed by atoms with Crippen molar-refractivity contribution in [2.75, 3.05) is 5.73 Å². The molecule has 0 saturated heterocycles. The molecule has 12 heavy (non-hydrogen) atoms. The highest BCUT2D eigenvalue weighted by Gasteiger charge is 2.06. The average Bonchev–Trinajstić information content (AvgIpc) is 2.58. The molecule has 2 aromatic rings. The lowest BCUT2D eigenvalue weighted by Gasteiger charge is -1.83. The fraction of sp³-hybridized carbons (Fsp3) is 0.167. The fourth-order valence-corrected chi connectivity index (χ4v) is 0.883. The lowest BCUT2D eigenvalue weighted by molar-refractivity contribution is 0.590. The number of aromatic nitrogens is 4. The van der Waals surface area contributed by atoms with Crippen LogP contribution in [0.3, 0.4) is 0 Å². The quantitative estimate of drug-likeness (QED) is 0.645. The highest BCUT2D eigenvalue weighted by molar-refractivity contribution is 5.49. The van der Waals surface area contributed by atoms with E-state index < -0.39 is 0 Å². The van der Waals surface area contributed by atoms with Crippen LogP contribution >= 0.6 is 0 Å². The molecule has 0 bridgehead atoms. The highest BCUT2D eigenvalue weighted by atomic mass is 16.4. The number of hydrogen-bond donors (Lipinski definition) is 1. The summed E-state index contributed by atoms with van der Waals surface area (Å²) < 4.78 is 6.63. The Kier molecular flexibility index (Phi) is 1.33. The van der Waals surface area contributed by atoms with Gasteiger partial charge in [0.1, 0.15) is 0 Å². The fourth-order valence-electron chi connectivity index (χ4n) is 0.883. The molecule has 2 N–H and O–H groups in total. The van der Waals surface area contributed by atoms with Crippen molar-refractivity contribution in [1.29, 1.82) is 0 Å². The van der Waals surface area contributed by atoms with Crippen molar-refractivity contribution in [1.82, 2.24) is 20.0 Å². The van der Waals surface area contributed by atoms with Crippen molar-refractivity contribution in [3.8, 4) is 11.5 Å². The maximum Gasteiger partial charge on any atom is 0.313 e. The maximum absolute atomic E-state index is 5.26. The number of aryl methyl sites for hydroxylation is 1. The predicted octanol–water partition coefficient (Wildman–Crippen LogP) is 0.0523. The molecule has 0 fully saturated rings. The van der Waals surface area contributed by atoms with E-state index in [4.69, 9.17) is 10.2 Å². The first-order valence-corrected chi connectivity index (χ1v) is 3.34. The molecule has 2 aromatic heterocycles. The molecule has 6 heteroatoms. The van der Waals surface area contributed by atoms with Gasteiger partial charge in [-0.2, -0.15) is 5.10 Å². The van der Waals surface area contributed by atoms with Crippen molar-refractivity contribution in [2.24, 2.45) is 7.05 Å². The molecular formula is C6H7N5O. The Bertz CT molecular complexity index is 352. The van der Waals surface area contributed by atoms with Gasteiger partial charge < -0.3 is 10.2 Å². The third kappa shape index (κ3) is 1.03. The van der Waals surface area contributed by atoms with Gasteiger partial charge in [0.25, 0.3) is 5.89 Å². The van der Waals surface area contributed by atoms with Gasteiger partial charge in [-0.1, -0.05) is 5.10 Å². The van der Waals surface area contributed by atoms with Crippen molar-refractivity contribution in [3.63, 3.8) is 0 Å². The molecule has 2 heterocycles. The van der Waals surface area contributed by atoms with Crippen LogP contribution in [0, 0.1) is 0 Å². The molecule has 0 aromatic carbocycles. The average molecular weight is 165 g/mol. The van der Waals surface area contributed by atoms with Crippen LogP contribution < -0.4 is 5.73 Å². The summed E-state index contributed by atoms with van der Waals surface area (Å²) >= 11 is 0. The molecule has 6 nitrogen and oxygen atoms in total. The van der Waals surface area contributed by atoms with E-state index in [1.807, 2.05) is 7.05 Å². The van der Waals surface area contributed by atoms with Crippen LogP contribution in [0.15, 0.2) is 16.8 Å². The van der Waals surface area contributed by atoms with Crippen molar-refractivity contribution < 1.29 is 4.42 Å². The van der Waals surface area contributed by atoms with Gasteiger partial charge in [0.2, 0.25) is 0 Å². The van der Waals surface area contributed by atoms with E-state index >= 15 is 0 Å². The second kappa shape index (κ2) is 2.33. The number of hydrogen-bond acceptors (Lipinski definition) is 5. The van der Waals surface area contributed by atoms with Gasteiger partial charge in [-0.3, -0.25) is 4.68 Å². The molecule has 0 aliphatic heterocycles. The van der Waals surface area contributed by atoms with Gasteiger partial charge >= 0.3 is 6.01 Å². The van der Waals surface area contributed by atoms with Crippen LogP contribution in [-0.4, -0.2) is 20.0 Å². The summed E-state index contributed by atoms with van der Waals surface area (Å²) in [5, 5.41) is 11.2. The number of nitrogen functional groups attached to an aromatic ring is 1. The lowest BCUT2D eigenvalue weighted by atomic mass is 10.4. The summed E-state index contributed by atoms with van der Waals surface area (Å²) in [7, 11) is 1.81. The zero-order chi connectivity index (χ0) is 8.55. The largest absolute Gasteiger partial charge is 0.403 e. The summed E-state index contributed by atoms with van der Waals surface area (Å²) in [6.07, 6.45) is 3.40. The van der Waals surface area contributed by atoms with E-state index in [9.17, 15) is 0 Å². The van der Waals surface area contributed by atoms with Gasteiger partial charge in [-0.25, -0.2) is 0 Å². The van der Waals surface area contributed by atoms with Crippen molar-refractivity contribution in [3.05, 3.63) is 12.4 Å². The zero-order valence-electron chi connectivity index (χ0n) is 6.43. The monoisotopic (exact) mass is 165 g/mol. The van der Waals surface area contributed by atoms with Crippen LogP contribution in [0.4, 0.5) is 6.01 Å². The van der Waals surface area contributed by atoms with Crippen LogP contribution in [0.5, 0.6) is 0 Å². The molecule has 62 valence electrons. The highest BCUT2D eigenvalue weighted by Crippen LogP contribution is 2.16. The summed E-state index contributed by atoms with van der Waals surface area (Å²) in [6, 6.07) is 0.0638. The van der Waals surface area contributed by atoms with Gasteiger partial charge in [0.15, 0.2) is 0 Å². The Morgan fingerprint density at radius 3 is 2.83 bits per heavy atom. The molecule has 0 aliphatic carbocycles. The molecule has 0 spiro atoms. The Balaban J connectivity index is 2.43. The first-order chi connectivity index (χ1) is 5.75. The third-order valence-electron chi connectivity index (χ3n) is 1.39. The summed E-state index contributed by atoms with van der Waals surface area (Å²) in [6.45, 7) is 0. The number of anilines is 1. The molecule has 0 saturated carbocycles. The normalized spacial score (nSPS) is 10.4. The van der Waals surface area contributed by atoms with Gasteiger partial charge in [-0.05, 0) is 0 Å². The maximum atomic E-state index is 5.26. The van der Waals surface area contributed by atoms with Crippen LogP contribution in [0.25, 0.3) is 11.5 Å². The molecule has 0 radical (unpaired) electrons. The summed E-state index contributed by atoms with van der Waals surface area (Å²) in [5.74, 6) is 0.389. The van der Waals surface area contributed by atoms with E-state index in [0.29, 0.717) is 5.89 Å². The summed E-state index contributed by atoms with van der Waals surface area (Å²) in [4.78, 5) is 0. The van der Waals surface area contributed by atoms with E-state index in [1.165, 1.54) is 0 Å². The second-order valence-electron chi connectivity index (χ2n) is 2.35. The molecule has 0 aliphatic rings. The Hall–Kier alpha value is -1.85. The van der Waals surface area contributed by atoms with Crippen molar-refractivity contribution in [2.45, 2.75) is 0 Å². The Labute approximate surface area is 68.0 Å². The van der Waals surface area contributed by atoms with E-state index in [0.717, 1.165) is 5.56 Å².